The number of carbonyl (C=O) groups excluding carboxylic acids is 1. The average Bonchev–Trinajstić information content (AvgIpc) is 2.89. The van der Waals surface area contributed by atoms with E-state index < -0.39 is 28.0 Å². The predicted octanol–water partition coefficient (Wildman–Crippen LogP) is 3.62. The minimum atomic E-state index is -3.91. The second-order valence-corrected chi connectivity index (χ2v) is 8.30. The van der Waals surface area contributed by atoms with Crippen molar-refractivity contribution in [2.45, 2.75) is 38.3 Å². The summed E-state index contributed by atoms with van der Waals surface area (Å²) >= 11 is 6.04. The number of carbonyl (C=O) groups is 1. The number of allylic oxidation sites excluding steroid dienone is 3. The van der Waals surface area contributed by atoms with E-state index in [9.17, 15) is 17.6 Å². The number of esters is 1. The van der Waals surface area contributed by atoms with Crippen LogP contribution in [0, 0.1) is 0 Å². The summed E-state index contributed by atoms with van der Waals surface area (Å²) in [5.41, 5.74) is 1.23. The van der Waals surface area contributed by atoms with Gasteiger partial charge in [0.2, 0.25) is 16.0 Å². The van der Waals surface area contributed by atoms with Crippen LogP contribution in [0.3, 0.4) is 0 Å². The molecule has 2 rings (SSSR count). The van der Waals surface area contributed by atoms with Gasteiger partial charge >= 0.3 is 5.97 Å². The molecule has 0 unspecified atom stereocenters. The molecule has 0 saturated heterocycles. The van der Waals surface area contributed by atoms with Crippen LogP contribution < -0.4 is 0 Å². The van der Waals surface area contributed by atoms with Crippen LogP contribution in [0.25, 0.3) is 5.57 Å². The number of aliphatic imine (C=N–C) groups is 1. The van der Waals surface area contributed by atoms with Gasteiger partial charge in [-0.05, 0) is 44.7 Å². The van der Waals surface area contributed by atoms with Crippen molar-refractivity contribution in [2.75, 3.05) is 6.61 Å². The standard InChI is InChI=1S/C18H20ClFN2O4S/c1-5-26-18(23)12(3)22-10-14-7-6-13(8-16(14)27(22,24)25)15(11(2)19)9-17(20)21-4/h6-9,12H,4-5,10H2,1-3H3/b15-11-,17-9-/t12-/m1/s1. The van der Waals surface area contributed by atoms with Crippen molar-refractivity contribution in [1.82, 2.24) is 4.31 Å². The maximum atomic E-state index is 13.5. The molecule has 1 aliphatic rings. The van der Waals surface area contributed by atoms with Gasteiger partial charge < -0.3 is 4.74 Å². The summed E-state index contributed by atoms with van der Waals surface area (Å²) < 4.78 is 45.4. The van der Waals surface area contributed by atoms with Crippen LogP contribution in [-0.4, -0.2) is 38.1 Å². The molecule has 1 atom stereocenters. The highest BCUT2D eigenvalue weighted by Gasteiger charge is 2.40. The van der Waals surface area contributed by atoms with Crippen molar-refractivity contribution < 1.29 is 22.3 Å². The number of benzene rings is 1. The minimum Gasteiger partial charge on any atom is -0.465 e. The van der Waals surface area contributed by atoms with Crippen LogP contribution >= 0.6 is 11.6 Å². The fourth-order valence-corrected chi connectivity index (χ4v) is 4.71. The third-order valence-corrected chi connectivity index (χ3v) is 6.34. The first-order valence-corrected chi connectivity index (χ1v) is 9.97. The van der Waals surface area contributed by atoms with Crippen LogP contribution in [-0.2, 0) is 26.1 Å². The molecular weight excluding hydrogens is 395 g/mol. The van der Waals surface area contributed by atoms with Gasteiger partial charge in [0.15, 0.2) is 0 Å². The van der Waals surface area contributed by atoms with Crippen molar-refractivity contribution in [3.8, 4) is 0 Å². The summed E-state index contributed by atoms with van der Waals surface area (Å²) in [6.07, 6.45) is 1.08. The molecule has 0 aromatic heterocycles. The molecule has 0 N–H and O–H groups in total. The maximum absolute atomic E-state index is 13.5. The quantitative estimate of drug-likeness (QED) is 0.308. The van der Waals surface area contributed by atoms with Gasteiger partial charge in [-0.2, -0.15) is 8.70 Å². The maximum Gasteiger partial charge on any atom is 0.324 e. The minimum absolute atomic E-state index is 0.0481. The van der Waals surface area contributed by atoms with Crippen LogP contribution in [0.5, 0.6) is 0 Å². The van der Waals surface area contributed by atoms with Crippen molar-refractivity contribution in [2.24, 2.45) is 4.99 Å². The number of ether oxygens (including phenoxy) is 1. The largest absolute Gasteiger partial charge is 0.465 e. The number of halogens is 2. The van der Waals surface area contributed by atoms with Gasteiger partial charge in [-0.25, -0.2) is 13.4 Å². The monoisotopic (exact) mass is 414 g/mol. The van der Waals surface area contributed by atoms with Crippen LogP contribution in [0.2, 0.25) is 0 Å². The first kappa shape index (κ1) is 21.3. The average molecular weight is 415 g/mol. The Labute approximate surface area is 163 Å². The molecule has 0 amide bonds. The molecule has 1 aliphatic heterocycles. The number of sulfonamides is 1. The molecule has 0 bridgehead atoms. The molecule has 0 aliphatic carbocycles. The smallest absolute Gasteiger partial charge is 0.324 e. The van der Waals surface area contributed by atoms with Gasteiger partial charge in [0.25, 0.3) is 0 Å². The highest BCUT2D eigenvalue weighted by atomic mass is 35.5. The molecule has 1 heterocycles. The van der Waals surface area contributed by atoms with Crippen LogP contribution in [0.15, 0.2) is 45.1 Å². The van der Waals surface area contributed by atoms with E-state index in [0.717, 1.165) is 10.4 Å². The van der Waals surface area contributed by atoms with Gasteiger partial charge in [0.1, 0.15) is 6.04 Å². The molecule has 6 nitrogen and oxygen atoms in total. The highest BCUT2D eigenvalue weighted by molar-refractivity contribution is 7.89. The molecular formula is C18H20ClFN2O4S. The zero-order valence-electron chi connectivity index (χ0n) is 15.2. The summed E-state index contributed by atoms with van der Waals surface area (Å²) in [4.78, 5) is 15.2. The third-order valence-electron chi connectivity index (χ3n) is 4.14. The van der Waals surface area contributed by atoms with Crippen molar-refractivity contribution in [1.29, 1.82) is 0 Å². The van der Waals surface area contributed by atoms with Gasteiger partial charge in [-0.15, -0.1) is 0 Å². The Kier molecular flexibility index (Phi) is 6.56. The number of hydrogen-bond donors (Lipinski definition) is 0. The van der Waals surface area contributed by atoms with Crippen molar-refractivity contribution in [3.63, 3.8) is 0 Å². The fraction of sp³-hybridized carbons (Fsp3) is 0.333. The number of fused-ring (bicyclic) bond motifs is 1. The van der Waals surface area contributed by atoms with Gasteiger partial charge in [0.05, 0.1) is 11.5 Å². The Hall–Kier alpha value is -2.03. The summed E-state index contributed by atoms with van der Waals surface area (Å²) in [6.45, 7) is 8.00. The zero-order valence-corrected chi connectivity index (χ0v) is 16.8. The van der Waals surface area contributed by atoms with E-state index in [1.807, 2.05) is 0 Å². The summed E-state index contributed by atoms with van der Waals surface area (Å²) in [7, 11) is -3.91. The van der Waals surface area contributed by atoms with E-state index in [-0.39, 0.29) is 28.7 Å². The van der Waals surface area contributed by atoms with Gasteiger partial charge in [-0.1, -0.05) is 23.7 Å². The molecule has 27 heavy (non-hydrogen) atoms. The second-order valence-electron chi connectivity index (χ2n) is 5.87. The van der Waals surface area contributed by atoms with E-state index in [1.165, 1.54) is 13.0 Å². The first-order valence-electron chi connectivity index (χ1n) is 8.15. The molecule has 0 radical (unpaired) electrons. The predicted molar refractivity (Wildman–Crippen MR) is 102 cm³/mol. The highest BCUT2D eigenvalue weighted by Crippen LogP contribution is 2.35. The van der Waals surface area contributed by atoms with E-state index in [2.05, 4.69) is 11.7 Å². The first-order chi connectivity index (χ1) is 12.6. The topological polar surface area (TPSA) is 76.0 Å². The molecule has 146 valence electrons. The molecule has 1 aromatic carbocycles. The van der Waals surface area contributed by atoms with Crippen LogP contribution in [0.1, 0.15) is 31.9 Å². The van der Waals surface area contributed by atoms with Crippen LogP contribution in [0.4, 0.5) is 4.39 Å². The summed E-state index contributed by atoms with van der Waals surface area (Å²) in [6, 6.07) is 3.71. The van der Waals surface area contributed by atoms with Crippen molar-refractivity contribution in [3.05, 3.63) is 46.4 Å². The van der Waals surface area contributed by atoms with E-state index in [1.54, 1.807) is 26.0 Å². The van der Waals surface area contributed by atoms with Gasteiger partial charge in [-0.3, -0.25) is 4.79 Å². The van der Waals surface area contributed by atoms with Crippen molar-refractivity contribution >= 4 is 39.9 Å². The lowest BCUT2D eigenvalue weighted by Gasteiger charge is -2.20. The van der Waals surface area contributed by atoms with E-state index in [0.29, 0.717) is 11.1 Å². The second kappa shape index (κ2) is 8.33. The Morgan fingerprint density at radius 2 is 2.19 bits per heavy atom. The van der Waals surface area contributed by atoms with Gasteiger partial charge in [0, 0.05) is 23.2 Å². The molecule has 0 fully saturated rings. The summed E-state index contributed by atoms with van der Waals surface area (Å²) in [5.74, 6) is -1.46. The fourth-order valence-electron chi connectivity index (χ4n) is 2.74. The Morgan fingerprint density at radius 3 is 2.74 bits per heavy atom. The normalized spacial score (nSPS) is 18.5. The number of hydrogen-bond acceptors (Lipinski definition) is 5. The molecule has 1 aromatic rings. The Morgan fingerprint density at radius 1 is 1.52 bits per heavy atom. The summed E-state index contributed by atoms with van der Waals surface area (Å²) in [5, 5.41) is 0.265. The van der Waals surface area contributed by atoms with E-state index in [4.69, 9.17) is 16.3 Å². The molecule has 0 saturated carbocycles. The number of rotatable bonds is 6. The SMILES string of the molecule is C=N/C(F)=C\C(=C(/C)Cl)c1ccc2c(c1)S(=O)(=O)N([C@H](C)C(=O)OCC)C2. The third kappa shape index (κ3) is 4.28. The Balaban J connectivity index is 2.49. The lowest BCUT2D eigenvalue weighted by Crippen LogP contribution is -2.40. The lowest BCUT2D eigenvalue weighted by molar-refractivity contribution is -0.147. The number of nitrogens with zero attached hydrogens (tertiary/aromatic N) is 2. The molecule has 9 heteroatoms. The zero-order chi connectivity index (χ0) is 20.4. The molecule has 0 spiro atoms. The Bertz CT molecular complexity index is 937. The van der Waals surface area contributed by atoms with E-state index >= 15 is 0 Å². The lowest BCUT2D eigenvalue weighted by atomic mass is 10.0.